The molecule has 3 aliphatic rings. The van der Waals surface area contributed by atoms with E-state index < -0.39 is 18.9 Å². The number of amides is 2. The van der Waals surface area contributed by atoms with Gasteiger partial charge in [-0.3, -0.25) is 9.59 Å². The van der Waals surface area contributed by atoms with Crippen LogP contribution in [-0.2, 0) is 0 Å². The highest BCUT2D eigenvalue weighted by Crippen LogP contribution is 2.57. The summed E-state index contributed by atoms with van der Waals surface area (Å²) >= 11 is 1.34. The molecule has 3 N–H and O–H groups in total. The molecule has 0 bridgehead atoms. The number of nitrogens with one attached hydrogen (secondary N) is 1. The normalized spacial score (nSPS) is 25.0. The Morgan fingerprint density at radius 2 is 2.03 bits per heavy atom. The van der Waals surface area contributed by atoms with Crippen molar-refractivity contribution in [3.63, 3.8) is 0 Å². The lowest BCUT2D eigenvalue weighted by atomic mass is 9.53. The standard InChI is InChI=1S/C24H25F2N5O4S/c25-18(26)11-34-14-3-4-17-16(9-28-31(17)10-14)21(33)29-13-5-24(6-13)7-15(8-24)35-22-19(20(27)32)36-23(30-22)12-1-2-12/h3-4,9-10,12-13,15,18H,1-2,5-8,11H2,(H2,27,32)(H,29,33)/t13-,15-,24?. The molecule has 36 heavy (non-hydrogen) atoms. The molecule has 1 spiro atoms. The summed E-state index contributed by atoms with van der Waals surface area (Å²) in [5, 5.41) is 8.15. The molecule has 3 aromatic rings. The van der Waals surface area contributed by atoms with Crippen molar-refractivity contribution in [2.75, 3.05) is 6.61 Å². The highest BCUT2D eigenvalue weighted by Gasteiger charge is 2.54. The molecule has 3 saturated carbocycles. The van der Waals surface area contributed by atoms with Crippen LogP contribution in [0.4, 0.5) is 8.78 Å². The fourth-order valence-corrected chi connectivity index (χ4v) is 6.30. The van der Waals surface area contributed by atoms with Gasteiger partial charge in [0.1, 0.15) is 23.5 Å². The van der Waals surface area contributed by atoms with Gasteiger partial charge in [0.15, 0.2) is 4.88 Å². The van der Waals surface area contributed by atoms with Gasteiger partial charge in [-0.2, -0.15) is 5.10 Å². The first-order valence-corrected chi connectivity index (χ1v) is 12.8. The molecular formula is C24H25F2N5O4S. The molecule has 3 fully saturated rings. The van der Waals surface area contributed by atoms with Gasteiger partial charge < -0.3 is 20.5 Å². The van der Waals surface area contributed by atoms with Gasteiger partial charge in [0.25, 0.3) is 18.2 Å². The quantitative estimate of drug-likeness (QED) is 0.448. The summed E-state index contributed by atoms with van der Waals surface area (Å²) in [5.41, 5.74) is 6.65. The largest absolute Gasteiger partial charge is 0.486 e. The Balaban J connectivity index is 1.01. The summed E-state index contributed by atoms with van der Waals surface area (Å²) < 4.78 is 37.2. The Kier molecular flexibility index (Phi) is 5.58. The van der Waals surface area contributed by atoms with Gasteiger partial charge in [0.05, 0.1) is 23.5 Å². The number of nitrogens with zero attached hydrogens (tertiary/aromatic N) is 3. The Bertz CT molecular complexity index is 1320. The first-order valence-electron chi connectivity index (χ1n) is 11.9. The van der Waals surface area contributed by atoms with E-state index in [1.165, 1.54) is 28.2 Å². The smallest absolute Gasteiger partial charge is 0.272 e. The predicted molar refractivity (Wildman–Crippen MR) is 126 cm³/mol. The van der Waals surface area contributed by atoms with Crippen LogP contribution >= 0.6 is 11.3 Å². The maximum absolute atomic E-state index is 12.8. The molecule has 0 aromatic carbocycles. The number of alkyl halides is 2. The maximum Gasteiger partial charge on any atom is 0.272 e. The number of pyridine rings is 1. The number of halogens is 2. The number of hydrogen-bond donors (Lipinski definition) is 2. The van der Waals surface area contributed by atoms with E-state index in [9.17, 15) is 18.4 Å². The minimum Gasteiger partial charge on any atom is -0.486 e. The van der Waals surface area contributed by atoms with Crippen LogP contribution in [0, 0.1) is 5.41 Å². The number of ether oxygens (including phenoxy) is 2. The number of hydrogen-bond acceptors (Lipinski definition) is 7. The molecular weight excluding hydrogens is 492 g/mol. The summed E-state index contributed by atoms with van der Waals surface area (Å²) in [6.07, 6.45) is 5.97. The van der Waals surface area contributed by atoms with E-state index in [1.807, 2.05) is 0 Å². The number of thiazole rings is 1. The second-order valence-electron chi connectivity index (χ2n) is 10.0. The van der Waals surface area contributed by atoms with E-state index in [4.69, 9.17) is 15.2 Å². The van der Waals surface area contributed by atoms with Gasteiger partial charge in [-0.05, 0) is 56.1 Å². The highest BCUT2D eigenvalue weighted by molar-refractivity contribution is 7.14. The average molecular weight is 518 g/mol. The van der Waals surface area contributed by atoms with E-state index in [-0.39, 0.29) is 29.2 Å². The SMILES string of the molecule is NC(=O)c1sc(C2CC2)nc1O[C@H]1CC2(C[C@H](NC(=O)c3cnn4cc(OCC(F)F)ccc34)C2)C1. The van der Waals surface area contributed by atoms with Crippen LogP contribution in [0.5, 0.6) is 11.6 Å². The zero-order valence-corrected chi connectivity index (χ0v) is 20.1. The van der Waals surface area contributed by atoms with Crippen LogP contribution < -0.4 is 20.5 Å². The molecule has 0 radical (unpaired) electrons. The number of carbonyl (C=O) groups excluding carboxylic acids is 2. The first-order chi connectivity index (χ1) is 17.3. The van der Waals surface area contributed by atoms with Crippen LogP contribution in [-0.4, -0.2) is 51.6 Å². The molecule has 6 rings (SSSR count). The van der Waals surface area contributed by atoms with Crippen molar-refractivity contribution in [2.24, 2.45) is 11.1 Å². The van der Waals surface area contributed by atoms with Crippen molar-refractivity contribution in [1.82, 2.24) is 19.9 Å². The molecule has 3 aromatic heterocycles. The minimum atomic E-state index is -2.57. The number of rotatable bonds is 9. The molecule has 12 heteroatoms. The van der Waals surface area contributed by atoms with Crippen LogP contribution in [0.2, 0.25) is 0 Å². The molecule has 190 valence electrons. The maximum atomic E-state index is 12.8. The topological polar surface area (TPSA) is 121 Å². The first kappa shape index (κ1) is 23.1. The van der Waals surface area contributed by atoms with Gasteiger partial charge in [-0.25, -0.2) is 18.3 Å². The van der Waals surface area contributed by atoms with Crippen molar-refractivity contribution in [1.29, 1.82) is 0 Å². The summed E-state index contributed by atoms with van der Waals surface area (Å²) in [4.78, 5) is 29.6. The van der Waals surface area contributed by atoms with E-state index in [2.05, 4.69) is 15.4 Å². The van der Waals surface area contributed by atoms with Gasteiger partial charge in [0.2, 0.25) is 5.88 Å². The van der Waals surface area contributed by atoms with Gasteiger partial charge in [0, 0.05) is 12.0 Å². The molecule has 9 nitrogen and oxygen atoms in total. The van der Waals surface area contributed by atoms with E-state index in [0.29, 0.717) is 27.8 Å². The summed E-state index contributed by atoms with van der Waals surface area (Å²) in [6.45, 7) is -0.701. The number of nitrogens with two attached hydrogens (primary N) is 1. The molecule has 0 unspecified atom stereocenters. The van der Waals surface area contributed by atoms with Crippen molar-refractivity contribution in [3.8, 4) is 11.6 Å². The average Bonchev–Trinajstić information content (AvgIpc) is 3.41. The van der Waals surface area contributed by atoms with Crippen molar-refractivity contribution < 1.29 is 27.8 Å². The van der Waals surface area contributed by atoms with Crippen molar-refractivity contribution >= 4 is 28.7 Å². The molecule has 0 atom stereocenters. The fraction of sp³-hybridized carbons (Fsp3) is 0.500. The van der Waals surface area contributed by atoms with Crippen LogP contribution in [0.3, 0.4) is 0 Å². The lowest BCUT2D eigenvalue weighted by Crippen LogP contribution is -2.58. The molecule has 0 saturated heterocycles. The van der Waals surface area contributed by atoms with Crippen LogP contribution in [0.25, 0.3) is 5.52 Å². The van der Waals surface area contributed by atoms with Crippen LogP contribution in [0.15, 0.2) is 24.5 Å². The lowest BCUT2D eigenvalue weighted by molar-refractivity contribution is -0.0846. The third-order valence-electron chi connectivity index (χ3n) is 7.17. The zero-order chi connectivity index (χ0) is 25.0. The Hall–Kier alpha value is -3.28. The molecule has 3 heterocycles. The Morgan fingerprint density at radius 1 is 1.25 bits per heavy atom. The minimum absolute atomic E-state index is 0.00462. The summed E-state index contributed by atoms with van der Waals surface area (Å²) in [6, 6.07) is 3.23. The number of carbonyl (C=O) groups is 2. The van der Waals surface area contributed by atoms with Crippen molar-refractivity contribution in [2.45, 2.75) is 63.0 Å². The number of primary amides is 1. The second-order valence-corrected chi connectivity index (χ2v) is 11.0. The Labute approximate surface area is 209 Å². The Morgan fingerprint density at radius 3 is 2.72 bits per heavy atom. The number of fused-ring (bicyclic) bond motifs is 1. The number of aromatic nitrogens is 3. The van der Waals surface area contributed by atoms with E-state index in [1.54, 1.807) is 12.1 Å². The lowest BCUT2D eigenvalue weighted by Gasteiger charge is -2.57. The van der Waals surface area contributed by atoms with Crippen LogP contribution in [0.1, 0.15) is 69.5 Å². The third-order valence-corrected chi connectivity index (χ3v) is 8.38. The summed E-state index contributed by atoms with van der Waals surface area (Å²) in [5.74, 6) is 0.334. The highest BCUT2D eigenvalue weighted by atomic mass is 32.1. The predicted octanol–water partition coefficient (Wildman–Crippen LogP) is 3.53. The third kappa shape index (κ3) is 4.38. The molecule has 0 aliphatic heterocycles. The second kappa shape index (κ2) is 8.68. The monoisotopic (exact) mass is 517 g/mol. The van der Waals surface area contributed by atoms with Gasteiger partial charge in [-0.15, -0.1) is 11.3 Å². The van der Waals surface area contributed by atoms with Gasteiger partial charge in [-0.1, -0.05) is 0 Å². The zero-order valence-electron chi connectivity index (χ0n) is 19.3. The van der Waals surface area contributed by atoms with Crippen molar-refractivity contribution in [3.05, 3.63) is 40.0 Å². The summed E-state index contributed by atoms with van der Waals surface area (Å²) in [7, 11) is 0. The van der Waals surface area contributed by atoms with E-state index in [0.717, 1.165) is 43.5 Å². The van der Waals surface area contributed by atoms with E-state index >= 15 is 0 Å². The van der Waals surface area contributed by atoms with Gasteiger partial charge >= 0.3 is 0 Å². The fourth-order valence-electron chi connectivity index (χ4n) is 5.28. The molecule has 3 aliphatic carbocycles. The molecule has 2 amide bonds.